The Hall–Kier alpha value is -1.44. The van der Waals surface area contributed by atoms with Crippen molar-refractivity contribution in [2.24, 2.45) is 5.14 Å². The number of nitrogens with two attached hydrogens (primary N) is 1. The maximum Gasteiger partial charge on any atom is 0.340 e. The highest BCUT2D eigenvalue weighted by Gasteiger charge is 2.32. The van der Waals surface area contributed by atoms with Crippen LogP contribution in [0.5, 0.6) is 0 Å². The molecule has 0 radical (unpaired) electrons. The number of esters is 1. The molecule has 1 aromatic carbocycles. The first-order valence-electron chi connectivity index (χ1n) is 4.07. The molecule has 2 rings (SSSR count). The molecule has 1 aliphatic rings. The summed E-state index contributed by atoms with van der Waals surface area (Å²) in [6.45, 7) is 0. The summed E-state index contributed by atoms with van der Waals surface area (Å²) >= 11 is 0. The molecule has 15 heavy (non-hydrogen) atoms. The number of benzene rings is 1. The van der Waals surface area contributed by atoms with Crippen molar-refractivity contribution >= 4 is 16.2 Å². The van der Waals surface area contributed by atoms with E-state index in [1.807, 2.05) is 4.72 Å². The van der Waals surface area contributed by atoms with E-state index in [2.05, 4.69) is 0 Å². The van der Waals surface area contributed by atoms with Gasteiger partial charge in [0, 0.05) is 5.56 Å². The van der Waals surface area contributed by atoms with E-state index in [0.29, 0.717) is 11.1 Å². The largest absolute Gasteiger partial charge is 0.438 e. The number of cyclic esters (lactones) is 1. The summed E-state index contributed by atoms with van der Waals surface area (Å²) in [7, 11) is -3.90. The van der Waals surface area contributed by atoms with E-state index in [1.165, 1.54) is 0 Å². The molecule has 1 heterocycles. The normalized spacial score (nSPS) is 19.8. The summed E-state index contributed by atoms with van der Waals surface area (Å²) in [5.74, 6) is -0.563. The summed E-state index contributed by atoms with van der Waals surface area (Å²) in [5, 5.41) is 4.79. The third-order valence-corrected chi connectivity index (χ3v) is 2.50. The third kappa shape index (κ3) is 1.99. The minimum Gasteiger partial charge on any atom is -0.438 e. The molecule has 0 aliphatic carbocycles. The third-order valence-electron chi connectivity index (χ3n) is 1.96. The first-order valence-corrected chi connectivity index (χ1v) is 5.62. The Morgan fingerprint density at radius 1 is 1.33 bits per heavy atom. The van der Waals surface area contributed by atoms with E-state index in [4.69, 9.17) is 9.88 Å². The number of hydrogen-bond acceptors (Lipinski definition) is 4. The predicted molar refractivity (Wildman–Crippen MR) is 50.8 cm³/mol. The first-order chi connectivity index (χ1) is 6.97. The molecule has 0 amide bonds. The van der Waals surface area contributed by atoms with Crippen LogP contribution in [-0.2, 0) is 14.9 Å². The van der Waals surface area contributed by atoms with Crippen LogP contribution in [-0.4, -0.2) is 14.4 Å². The summed E-state index contributed by atoms with van der Waals surface area (Å²) in [5.41, 5.74) is 0.815. The summed E-state index contributed by atoms with van der Waals surface area (Å²) in [6.07, 6.45) is -1.02. The van der Waals surface area contributed by atoms with Gasteiger partial charge in [-0.1, -0.05) is 18.2 Å². The Bertz CT molecular complexity index is 511. The van der Waals surface area contributed by atoms with Gasteiger partial charge in [-0.2, -0.15) is 13.1 Å². The van der Waals surface area contributed by atoms with Crippen molar-refractivity contribution in [2.75, 3.05) is 0 Å². The van der Waals surface area contributed by atoms with E-state index in [-0.39, 0.29) is 0 Å². The van der Waals surface area contributed by atoms with Crippen molar-refractivity contribution in [3.05, 3.63) is 35.4 Å². The fourth-order valence-corrected chi connectivity index (χ4v) is 1.86. The van der Waals surface area contributed by atoms with E-state index < -0.39 is 22.4 Å². The zero-order valence-electron chi connectivity index (χ0n) is 7.51. The van der Waals surface area contributed by atoms with Gasteiger partial charge < -0.3 is 4.74 Å². The number of nitrogens with one attached hydrogen (secondary N) is 1. The van der Waals surface area contributed by atoms with Crippen LogP contribution < -0.4 is 9.86 Å². The van der Waals surface area contributed by atoms with Gasteiger partial charge in [-0.05, 0) is 6.07 Å². The standard InChI is InChI=1S/C8H8N2O4S/c9-15(12,13)10-7-5-3-1-2-4-6(5)8(11)14-7/h1-4,7,10H,(H2,9,12,13)/t7-/m0/s1. The molecule has 0 aromatic heterocycles. The number of fused-ring (bicyclic) bond motifs is 1. The van der Waals surface area contributed by atoms with Gasteiger partial charge in [0.15, 0.2) is 6.23 Å². The van der Waals surface area contributed by atoms with Gasteiger partial charge in [0.05, 0.1) is 5.56 Å². The van der Waals surface area contributed by atoms with E-state index >= 15 is 0 Å². The van der Waals surface area contributed by atoms with Crippen molar-refractivity contribution in [3.8, 4) is 0 Å². The van der Waals surface area contributed by atoms with Crippen LogP contribution in [0.4, 0.5) is 0 Å². The van der Waals surface area contributed by atoms with Crippen LogP contribution in [0, 0.1) is 0 Å². The lowest BCUT2D eigenvalue weighted by molar-refractivity contribution is 0.0364. The van der Waals surface area contributed by atoms with Gasteiger partial charge in [0.2, 0.25) is 0 Å². The number of hydrogen-bond donors (Lipinski definition) is 2. The van der Waals surface area contributed by atoms with E-state index in [1.54, 1.807) is 24.3 Å². The molecule has 1 atom stereocenters. The zero-order chi connectivity index (χ0) is 11.1. The number of ether oxygens (including phenoxy) is 1. The Labute approximate surface area is 86.2 Å². The van der Waals surface area contributed by atoms with Crippen LogP contribution in [0.1, 0.15) is 22.1 Å². The average molecular weight is 228 g/mol. The number of rotatable bonds is 2. The number of carbonyl (C=O) groups excluding carboxylic acids is 1. The zero-order valence-corrected chi connectivity index (χ0v) is 8.32. The first kappa shape index (κ1) is 10.1. The van der Waals surface area contributed by atoms with Crippen LogP contribution in [0.15, 0.2) is 24.3 Å². The van der Waals surface area contributed by atoms with Gasteiger partial charge in [-0.15, -0.1) is 0 Å². The molecular formula is C8H8N2O4S. The van der Waals surface area contributed by atoms with E-state index in [0.717, 1.165) is 0 Å². The molecule has 1 aliphatic heterocycles. The van der Waals surface area contributed by atoms with Crippen LogP contribution in [0.2, 0.25) is 0 Å². The molecule has 80 valence electrons. The average Bonchev–Trinajstić information content (AvgIpc) is 2.42. The summed E-state index contributed by atoms with van der Waals surface area (Å²) in [6, 6.07) is 6.50. The molecule has 0 saturated heterocycles. The second-order valence-corrected chi connectivity index (χ2v) is 4.36. The number of carbonyl (C=O) groups is 1. The Morgan fingerprint density at radius 3 is 2.67 bits per heavy atom. The molecular weight excluding hydrogens is 220 g/mol. The molecule has 0 spiro atoms. The SMILES string of the molecule is NS(=O)(=O)N[C@H]1OC(=O)c2ccccc21. The Kier molecular flexibility index (Phi) is 2.22. The summed E-state index contributed by atoms with van der Waals surface area (Å²) < 4.78 is 28.4. The predicted octanol–water partition coefficient (Wildman–Crippen LogP) is -0.351. The van der Waals surface area contributed by atoms with Gasteiger partial charge in [-0.25, -0.2) is 9.93 Å². The lowest BCUT2D eigenvalue weighted by Gasteiger charge is -2.09. The highest BCUT2D eigenvalue weighted by molar-refractivity contribution is 7.87. The molecule has 0 saturated carbocycles. The Morgan fingerprint density at radius 2 is 2.00 bits per heavy atom. The van der Waals surface area contributed by atoms with Crippen molar-refractivity contribution in [3.63, 3.8) is 0 Å². The second kappa shape index (κ2) is 3.30. The molecule has 7 heteroatoms. The van der Waals surface area contributed by atoms with Crippen molar-refractivity contribution < 1.29 is 17.9 Å². The lowest BCUT2D eigenvalue weighted by atomic mass is 10.1. The van der Waals surface area contributed by atoms with Crippen molar-refractivity contribution in [1.29, 1.82) is 0 Å². The van der Waals surface area contributed by atoms with Gasteiger partial charge in [0.1, 0.15) is 0 Å². The van der Waals surface area contributed by atoms with Crippen molar-refractivity contribution in [1.82, 2.24) is 4.72 Å². The molecule has 0 fully saturated rings. The summed E-state index contributed by atoms with van der Waals surface area (Å²) in [4.78, 5) is 11.3. The molecule has 1 aromatic rings. The highest BCUT2D eigenvalue weighted by Crippen LogP contribution is 2.28. The molecule has 0 bridgehead atoms. The Balaban J connectivity index is 2.37. The quantitative estimate of drug-likeness (QED) is 0.676. The maximum atomic E-state index is 11.3. The van der Waals surface area contributed by atoms with Gasteiger partial charge >= 0.3 is 5.97 Å². The minimum absolute atomic E-state index is 0.346. The molecule has 3 N–H and O–H groups in total. The van der Waals surface area contributed by atoms with Crippen LogP contribution in [0.3, 0.4) is 0 Å². The van der Waals surface area contributed by atoms with Gasteiger partial charge in [0.25, 0.3) is 10.2 Å². The second-order valence-electron chi connectivity index (χ2n) is 3.04. The molecule has 0 unspecified atom stereocenters. The fourth-order valence-electron chi connectivity index (χ4n) is 1.38. The van der Waals surface area contributed by atoms with Crippen LogP contribution in [0.25, 0.3) is 0 Å². The van der Waals surface area contributed by atoms with Crippen LogP contribution >= 0.6 is 0 Å². The highest BCUT2D eigenvalue weighted by atomic mass is 32.2. The fraction of sp³-hybridized carbons (Fsp3) is 0.125. The van der Waals surface area contributed by atoms with Crippen molar-refractivity contribution in [2.45, 2.75) is 6.23 Å². The molecule has 6 nitrogen and oxygen atoms in total. The topological polar surface area (TPSA) is 98.5 Å². The smallest absolute Gasteiger partial charge is 0.340 e. The maximum absolute atomic E-state index is 11.3. The lowest BCUT2D eigenvalue weighted by Crippen LogP contribution is -2.34. The van der Waals surface area contributed by atoms with Gasteiger partial charge in [-0.3, -0.25) is 0 Å². The monoisotopic (exact) mass is 228 g/mol. The van der Waals surface area contributed by atoms with E-state index in [9.17, 15) is 13.2 Å². The minimum atomic E-state index is -3.90.